The molecule has 1 saturated heterocycles. The fourth-order valence-electron chi connectivity index (χ4n) is 3.21. The summed E-state index contributed by atoms with van der Waals surface area (Å²) >= 11 is 4.18. The Morgan fingerprint density at radius 1 is 1.00 bits per heavy atom. The number of nitrogens with zero attached hydrogens (tertiary/aromatic N) is 3. The molecule has 1 aromatic carbocycles. The van der Waals surface area contributed by atoms with Gasteiger partial charge in [-0.15, -0.1) is 0 Å². The molecule has 1 aliphatic heterocycles. The van der Waals surface area contributed by atoms with Crippen LogP contribution in [0, 0.1) is 0 Å². The first-order valence-electron chi connectivity index (χ1n) is 9.53. The molecule has 27 heavy (non-hydrogen) atoms. The Kier molecular flexibility index (Phi) is 6.93. The number of pyridine rings is 1. The maximum atomic E-state index is 12.1. The quantitative estimate of drug-likeness (QED) is 0.614. The van der Waals surface area contributed by atoms with Gasteiger partial charge in [0.15, 0.2) is 12.4 Å². The minimum atomic E-state index is 0.263. The molecule has 0 bridgehead atoms. The summed E-state index contributed by atoms with van der Waals surface area (Å²) in [5.74, 6) is 1.04. The van der Waals surface area contributed by atoms with Crippen LogP contribution in [0.4, 0.5) is 5.69 Å². The number of aryl methyl sites for hydroxylation is 1. The molecule has 0 aliphatic carbocycles. The second kappa shape index (κ2) is 9.60. The molecule has 1 aliphatic rings. The number of piperazine rings is 1. The lowest BCUT2D eigenvalue weighted by molar-refractivity contribution is -0.671. The highest BCUT2D eigenvalue weighted by molar-refractivity contribution is 7.80. The Balaban J connectivity index is 1.53. The van der Waals surface area contributed by atoms with Crippen molar-refractivity contribution >= 4 is 36.4 Å². The summed E-state index contributed by atoms with van der Waals surface area (Å²) in [7, 11) is 2.02. The number of rotatable bonds is 6. The van der Waals surface area contributed by atoms with Gasteiger partial charge in [-0.2, -0.15) is 12.6 Å². The molecular formula is C22H28N3OS+. The van der Waals surface area contributed by atoms with Crippen LogP contribution in [-0.4, -0.2) is 42.7 Å². The number of carbonyl (C=O) groups is 1. The van der Waals surface area contributed by atoms with Gasteiger partial charge in [-0.25, -0.2) is 4.57 Å². The van der Waals surface area contributed by atoms with Gasteiger partial charge in [-0.05, 0) is 35.4 Å². The smallest absolute Gasteiger partial charge is 0.222 e. The lowest BCUT2D eigenvalue weighted by atomic mass is 10.1. The molecule has 4 nitrogen and oxygen atoms in total. The molecular weight excluding hydrogens is 354 g/mol. The Morgan fingerprint density at radius 2 is 1.59 bits per heavy atom. The van der Waals surface area contributed by atoms with Crippen LogP contribution in [0.15, 0.2) is 48.8 Å². The second-order valence-electron chi connectivity index (χ2n) is 6.92. The van der Waals surface area contributed by atoms with Crippen LogP contribution in [0.2, 0.25) is 0 Å². The van der Waals surface area contributed by atoms with Gasteiger partial charge in [-0.1, -0.05) is 24.3 Å². The fraction of sp³-hybridized carbons (Fsp3) is 0.364. The van der Waals surface area contributed by atoms with Crippen LogP contribution >= 0.6 is 12.6 Å². The number of thiol groups is 1. The van der Waals surface area contributed by atoms with Crippen LogP contribution in [0.25, 0.3) is 12.2 Å². The molecule has 0 radical (unpaired) electrons. The minimum Gasteiger partial charge on any atom is -0.368 e. The number of hydrogen-bond donors (Lipinski definition) is 1. The first kappa shape index (κ1) is 19.5. The summed E-state index contributed by atoms with van der Waals surface area (Å²) < 4.78 is 2.03. The SMILES string of the molecule is C[n+]1ccc(/C=C/c2ccc(N3CCN(C(=O)CCCS)CC3)cc2)cc1. The zero-order valence-corrected chi connectivity index (χ0v) is 16.8. The van der Waals surface area contributed by atoms with Crippen molar-refractivity contribution in [1.29, 1.82) is 0 Å². The highest BCUT2D eigenvalue weighted by atomic mass is 32.1. The molecule has 142 valence electrons. The maximum absolute atomic E-state index is 12.1. The van der Waals surface area contributed by atoms with Crippen LogP contribution in [-0.2, 0) is 11.8 Å². The van der Waals surface area contributed by atoms with Gasteiger partial charge in [-0.3, -0.25) is 4.79 Å². The van der Waals surface area contributed by atoms with E-state index in [1.54, 1.807) is 0 Å². The van der Waals surface area contributed by atoms with E-state index in [9.17, 15) is 4.79 Å². The molecule has 2 aromatic rings. The van der Waals surface area contributed by atoms with Crippen molar-refractivity contribution < 1.29 is 9.36 Å². The third-order valence-corrected chi connectivity index (χ3v) is 5.23. The van der Waals surface area contributed by atoms with E-state index in [-0.39, 0.29) is 5.91 Å². The molecule has 5 heteroatoms. The molecule has 1 aromatic heterocycles. The summed E-state index contributed by atoms with van der Waals surface area (Å²) in [5, 5.41) is 0. The second-order valence-corrected chi connectivity index (χ2v) is 7.36. The molecule has 0 atom stereocenters. The summed E-state index contributed by atoms with van der Waals surface area (Å²) in [4.78, 5) is 16.5. The van der Waals surface area contributed by atoms with Crippen LogP contribution in [0.3, 0.4) is 0 Å². The van der Waals surface area contributed by atoms with Gasteiger partial charge in [0.2, 0.25) is 5.91 Å². The average Bonchev–Trinajstić information content (AvgIpc) is 2.72. The summed E-state index contributed by atoms with van der Waals surface area (Å²) in [5.41, 5.74) is 3.60. The van der Waals surface area contributed by atoms with Gasteiger partial charge in [0, 0.05) is 50.4 Å². The van der Waals surface area contributed by atoms with Crippen molar-refractivity contribution in [2.45, 2.75) is 12.8 Å². The van der Waals surface area contributed by atoms with E-state index >= 15 is 0 Å². The number of aromatic nitrogens is 1. The topological polar surface area (TPSA) is 27.4 Å². The molecule has 2 heterocycles. The van der Waals surface area contributed by atoms with Gasteiger partial charge in [0.25, 0.3) is 0 Å². The van der Waals surface area contributed by atoms with E-state index in [1.807, 2.05) is 28.9 Å². The highest BCUT2D eigenvalue weighted by Gasteiger charge is 2.20. The largest absolute Gasteiger partial charge is 0.368 e. The van der Waals surface area contributed by atoms with Gasteiger partial charge < -0.3 is 9.80 Å². The van der Waals surface area contributed by atoms with Crippen molar-refractivity contribution in [2.75, 3.05) is 36.8 Å². The van der Waals surface area contributed by atoms with Crippen molar-refractivity contribution in [2.24, 2.45) is 7.05 Å². The zero-order chi connectivity index (χ0) is 19.1. The minimum absolute atomic E-state index is 0.263. The summed E-state index contributed by atoms with van der Waals surface area (Å²) in [6.07, 6.45) is 9.83. The molecule has 3 rings (SSSR count). The molecule has 0 N–H and O–H groups in total. The van der Waals surface area contributed by atoms with Crippen molar-refractivity contribution in [1.82, 2.24) is 4.90 Å². The molecule has 1 amide bonds. The van der Waals surface area contributed by atoms with E-state index in [1.165, 1.54) is 16.8 Å². The predicted octanol–water partition coefficient (Wildman–Crippen LogP) is 3.04. The Morgan fingerprint density at radius 3 is 2.19 bits per heavy atom. The zero-order valence-electron chi connectivity index (χ0n) is 15.9. The van der Waals surface area contributed by atoms with E-state index < -0.39 is 0 Å². The third-order valence-electron chi connectivity index (χ3n) is 4.91. The van der Waals surface area contributed by atoms with Crippen LogP contribution in [0.5, 0.6) is 0 Å². The predicted molar refractivity (Wildman–Crippen MR) is 115 cm³/mol. The van der Waals surface area contributed by atoms with E-state index in [0.29, 0.717) is 6.42 Å². The lowest BCUT2D eigenvalue weighted by Gasteiger charge is -2.36. The average molecular weight is 383 g/mol. The van der Waals surface area contributed by atoms with Crippen molar-refractivity contribution in [3.05, 3.63) is 59.9 Å². The van der Waals surface area contributed by atoms with Gasteiger partial charge in [0.1, 0.15) is 7.05 Å². The Bertz CT molecular complexity index is 763. The Hall–Kier alpha value is -2.27. The summed E-state index contributed by atoms with van der Waals surface area (Å²) in [6, 6.07) is 12.8. The van der Waals surface area contributed by atoms with Crippen LogP contribution in [0.1, 0.15) is 24.0 Å². The highest BCUT2D eigenvalue weighted by Crippen LogP contribution is 2.19. The fourth-order valence-corrected chi connectivity index (χ4v) is 3.37. The standard InChI is InChI=1S/C22H27N3OS/c1-23-12-10-20(11-13-23)5-4-19-6-8-21(9-7-19)24-14-16-25(17-15-24)22(26)3-2-18-27/h4-13H,2-3,14-18H2,1H3/p+1. The first-order valence-corrected chi connectivity index (χ1v) is 10.2. The van der Waals surface area contributed by atoms with E-state index in [0.717, 1.165) is 38.4 Å². The van der Waals surface area contributed by atoms with Gasteiger partial charge in [0.05, 0.1) is 0 Å². The number of amides is 1. The number of hydrogen-bond acceptors (Lipinski definition) is 3. The number of benzene rings is 1. The van der Waals surface area contributed by atoms with Crippen molar-refractivity contribution in [3.63, 3.8) is 0 Å². The lowest BCUT2D eigenvalue weighted by Crippen LogP contribution is -2.48. The molecule has 0 unspecified atom stereocenters. The first-order chi connectivity index (χ1) is 13.2. The number of anilines is 1. The Labute approximate surface area is 167 Å². The normalized spacial score (nSPS) is 14.7. The van der Waals surface area contributed by atoms with E-state index in [2.05, 4.69) is 66.1 Å². The van der Waals surface area contributed by atoms with Gasteiger partial charge >= 0.3 is 0 Å². The monoisotopic (exact) mass is 382 g/mol. The number of carbonyl (C=O) groups excluding carboxylic acids is 1. The third kappa shape index (κ3) is 5.60. The maximum Gasteiger partial charge on any atom is 0.222 e. The molecule has 0 saturated carbocycles. The molecule has 1 fully saturated rings. The molecule has 0 spiro atoms. The van der Waals surface area contributed by atoms with E-state index in [4.69, 9.17) is 0 Å². The van der Waals surface area contributed by atoms with Crippen LogP contribution < -0.4 is 9.47 Å². The summed E-state index contributed by atoms with van der Waals surface area (Å²) in [6.45, 7) is 3.39. The van der Waals surface area contributed by atoms with Crippen molar-refractivity contribution in [3.8, 4) is 0 Å².